The summed E-state index contributed by atoms with van der Waals surface area (Å²) < 4.78 is 5.56. The van der Waals surface area contributed by atoms with Gasteiger partial charge in [-0.2, -0.15) is 0 Å². The molecule has 104 valence electrons. The van der Waals surface area contributed by atoms with Crippen LogP contribution < -0.4 is 10.1 Å². The Morgan fingerprint density at radius 3 is 2.70 bits per heavy atom. The first-order chi connectivity index (χ1) is 9.70. The largest absolute Gasteiger partial charge is 0.494 e. The summed E-state index contributed by atoms with van der Waals surface area (Å²) in [6, 6.07) is 15.0. The van der Waals surface area contributed by atoms with Crippen LogP contribution in [0.15, 0.2) is 48.5 Å². The molecule has 0 saturated heterocycles. The average Bonchev–Trinajstić information content (AvgIpc) is 2.46. The third-order valence-electron chi connectivity index (χ3n) is 2.95. The van der Waals surface area contributed by atoms with Gasteiger partial charge in [0.1, 0.15) is 5.75 Å². The van der Waals surface area contributed by atoms with Crippen molar-refractivity contribution in [1.82, 2.24) is 0 Å². The zero-order valence-electron chi connectivity index (χ0n) is 11.8. The summed E-state index contributed by atoms with van der Waals surface area (Å²) in [5.74, 6) is 0.671. The van der Waals surface area contributed by atoms with E-state index in [0.717, 1.165) is 23.4 Å². The number of benzene rings is 2. The van der Waals surface area contributed by atoms with Gasteiger partial charge in [-0.3, -0.25) is 4.79 Å². The Bertz CT molecular complexity index is 593. The number of hydrogen-bond donors (Lipinski definition) is 1. The van der Waals surface area contributed by atoms with Crippen LogP contribution in [0.1, 0.15) is 29.3 Å². The first-order valence-electron chi connectivity index (χ1n) is 6.80. The molecule has 0 aliphatic heterocycles. The van der Waals surface area contributed by atoms with E-state index >= 15 is 0 Å². The molecule has 0 saturated carbocycles. The lowest BCUT2D eigenvalue weighted by Gasteiger charge is -2.09. The Morgan fingerprint density at radius 2 is 1.95 bits per heavy atom. The molecule has 0 spiro atoms. The van der Waals surface area contributed by atoms with E-state index in [2.05, 4.69) is 12.2 Å². The summed E-state index contributed by atoms with van der Waals surface area (Å²) in [5.41, 5.74) is 2.39. The standard InChI is InChI=1S/C17H19NO2/c1-3-11-20-15-9-6-8-14(12-15)18-17(19)16-10-5-4-7-13(16)2/h4-10,12H,3,11H2,1-2H3,(H,18,19). The van der Waals surface area contributed by atoms with E-state index in [1.165, 1.54) is 0 Å². The molecule has 2 rings (SSSR count). The van der Waals surface area contributed by atoms with Gasteiger partial charge in [0.05, 0.1) is 6.61 Å². The van der Waals surface area contributed by atoms with Crippen LogP contribution >= 0.6 is 0 Å². The fourth-order valence-electron chi connectivity index (χ4n) is 1.91. The number of nitrogens with one attached hydrogen (secondary N) is 1. The fraction of sp³-hybridized carbons (Fsp3) is 0.235. The molecule has 0 aromatic heterocycles. The molecule has 1 amide bonds. The van der Waals surface area contributed by atoms with Crippen molar-refractivity contribution in [2.75, 3.05) is 11.9 Å². The van der Waals surface area contributed by atoms with Crippen molar-refractivity contribution in [3.8, 4) is 5.75 Å². The molecule has 2 aromatic rings. The number of carbonyl (C=O) groups excluding carboxylic acids is 1. The molecule has 3 heteroatoms. The molecule has 0 radical (unpaired) electrons. The molecule has 0 bridgehead atoms. The maximum atomic E-state index is 12.2. The topological polar surface area (TPSA) is 38.3 Å². The molecule has 0 atom stereocenters. The quantitative estimate of drug-likeness (QED) is 0.889. The highest BCUT2D eigenvalue weighted by atomic mass is 16.5. The summed E-state index contributed by atoms with van der Waals surface area (Å²) in [4.78, 5) is 12.2. The van der Waals surface area contributed by atoms with E-state index in [1.807, 2.05) is 55.5 Å². The van der Waals surface area contributed by atoms with Gasteiger partial charge in [-0.15, -0.1) is 0 Å². The van der Waals surface area contributed by atoms with Gasteiger partial charge in [-0.05, 0) is 37.1 Å². The van der Waals surface area contributed by atoms with Crippen molar-refractivity contribution in [1.29, 1.82) is 0 Å². The van der Waals surface area contributed by atoms with Crippen molar-refractivity contribution >= 4 is 11.6 Å². The first-order valence-corrected chi connectivity index (χ1v) is 6.80. The van der Waals surface area contributed by atoms with Gasteiger partial charge in [-0.25, -0.2) is 0 Å². The van der Waals surface area contributed by atoms with Crippen LogP contribution in [0.2, 0.25) is 0 Å². The number of hydrogen-bond acceptors (Lipinski definition) is 2. The summed E-state index contributed by atoms with van der Waals surface area (Å²) >= 11 is 0. The van der Waals surface area contributed by atoms with Gasteiger partial charge >= 0.3 is 0 Å². The minimum atomic E-state index is -0.101. The number of amides is 1. The van der Waals surface area contributed by atoms with E-state index in [9.17, 15) is 4.79 Å². The summed E-state index contributed by atoms with van der Waals surface area (Å²) in [6.07, 6.45) is 0.958. The molecule has 1 N–H and O–H groups in total. The van der Waals surface area contributed by atoms with E-state index in [1.54, 1.807) is 0 Å². The summed E-state index contributed by atoms with van der Waals surface area (Å²) in [7, 11) is 0. The highest BCUT2D eigenvalue weighted by Crippen LogP contribution is 2.19. The Balaban J connectivity index is 2.10. The van der Waals surface area contributed by atoms with Crippen LogP contribution in [0, 0.1) is 6.92 Å². The van der Waals surface area contributed by atoms with Crippen molar-refractivity contribution in [2.45, 2.75) is 20.3 Å². The number of rotatable bonds is 5. The second-order valence-corrected chi connectivity index (χ2v) is 4.65. The van der Waals surface area contributed by atoms with Gasteiger partial charge in [0, 0.05) is 17.3 Å². The number of ether oxygens (including phenoxy) is 1. The number of aryl methyl sites for hydroxylation is 1. The highest BCUT2D eigenvalue weighted by Gasteiger charge is 2.08. The molecule has 0 unspecified atom stereocenters. The molecule has 0 aliphatic carbocycles. The van der Waals surface area contributed by atoms with Crippen molar-refractivity contribution in [3.05, 3.63) is 59.7 Å². The Morgan fingerprint density at radius 1 is 1.15 bits per heavy atom. The summed E-state index contributed by atoms with van der Waals surface area (Å²) in [6.45, 7) is 4.66. The first kappa shape index (κ1) is 14.1. The van der Waals surface area contributed by atoms with E-state index in [0.29, 0.717) is 12.2 Å². The number of carbonyl (C=O) groups is 1. The summed E-state index contributed by atoms with van der Waals surface area (Å²) in [5, 5.41) is 2.90. The molecule has 0 heterocycles. The van der Waals surface area contributed by atoms with Crippen LogP contribution in [0.25, 0.3) is 0 Å². The Hall–Kier alpha value is -2.29. The fourth-order valence-corrected chi connectivity index (χ4v) is 1.91. The smallest absolute Gasteiger partial charge is 0.255 e. The van der Waals surface area contributed by atoms with Gasteiger partial charge in [0.25, 0.3) is 5.91 Å². The molecule has 3 nitrogen and oxygen atoms in total. The van der Waals surface area contributed by atoms with Crippen LogP contribution in [0.5, 0.6) is 5.75 Å². The van der Waals surface area contributed by atoms with Crippen LogP contribution in [0.4, 0.5) is 5.69 Å². The van der Waals surface area contributed by atoms with Crippen molar-refractivity contribution in [3.63, 3.8) is 0 Å². The van der Waals surface area contributed by atoms with Crippen molar-refractivity contribution < 1.29 is 9.53 Å². The minimum absolute atomic E-state index is 0.101. The minimum Gasteiger partial charge on any atom is -0.494 e. The number of anilines is 1. The average molecular weight is 269 g/mol. The van der Waals surface area contributed by atoms with Crippen LogP contribution in [0.3, 0.4) is 0 Å². The second-order valence-electron chi connectivity index (χ2n) is 4.65. The van der Waals surface area contributed by atoms with Crippen molar-refractivity contribution in [2.24, 2.45) is 0 Å². The maximum Gasteiger partial charge on any atom is 0.255 e. The predicted molar refractivity (Wildman–Crippen MR) is 81.4 cm³/mol. The highest BCUT2D eigenvalue weighted by molar-refractivity contribution is 6.05. The van der Waals surface area contributed by atoms with Crippen LogP contribution in [-0.2, 0) is 0 Å². The monoisotopic (exact) mass is 269 g/mol. The third-order valence-corrected chi connectivity index (χ3v) is 2.95. The van der Waals surface area contributed by atoms with Gasteiger partial charge in [0.2, 0.25) is 0 Å². The molecular weight excluding hydrogens is 250 g/mol. The predicted octanol–water partition coefficient (Wildman–Crippen LogP) is 4.04. The lowest BCUT2D eigenvalue weighted by atomic mass is 10.1. The maximum absolute atomic E-state index is 12.2. The lowest BCUT2D eigenvalue weighted by Crippen LogP contribution is -2.13. The van der Waals surface area contributed by atoms with Gasteiger partial charge < -0.3 is 10.1 Å². The Labute approximate surface area is 119 Å². The Kier molecular flexibility index (Phi) is 4.77. The zero-order chi connectivity index (χ0) is 14.4. The van der Waals surface area contributed by atoms with Gasteiger partial charge in [-0.1, -0.05) is 31.2 Å². The second kappa shape index (κ2) is 6.75. The van der Waals surface area contributed by atoms with E-state index < -0.39 is 0 Å². The van der Waals surface area contributed by atoms with Gasteiger partial charge in [0.15, 0.2) is 0 Å². The SMILES string of the molecule is CCCOc1cccc(NC(=O)c2ccccc2C)c1. The molecule has 2 aromatic carbocycles. The molecular formula is C17H19NO2. The van der Waals surface area contributed by atoms with E-state index in [4.69, 9.17) is 4.74 Å². The van der Waals surface area contributed by atoms with Crippen LogP contribution in [-0.4, -0.2) is 12.5 Å². The zero-order valence-corrected chi connectivity index (χ0v) is 11.8. The molecule has 0 fully saturated rings. The third kappa shape index (κ3) is 3.60. The normalized spacial score (nSPS) is 10.1. The molecule has 0 aliphatic rings. The molecule has 20 heavy (non-hydrogen) atoms. The van der Waals surface area contributed by atoms with E-state index in [-0.39, 0.29) is 5.91 Å². The lowest BCUT2D eigenvalue weighted by molar-refractivity contribution is 0.102.